The molecule has 0 saturated carbocycles. The zero-order valence-electron chi connectivity index (χ0n) is 12.6. The molecule has 1 aromatic carbocycles. The first-order valence-corrected chi connectivity index (χ1v) is 7.45. The molecule has 1 aromatic heterocycles. The summed E-state index contributed by atoms with van der Waals surface area (Å²) in [6.45, 7) is 2.15. The fraction of sp³-hybridized carbons (Fsp3) is 0.188. The highest BCUT2D eigenvalue weighted by Crippen LogP contribution is 2.23. The van der Waals surface area contributed by atoms with E-state index in [-0.39, 0.29) is 0 Å². The number of methoxy groups -OCH3 is 1. The standard InChI is InChI=1S/C16H14Cl2N4O/c1-10-6-11(9-23-2)12(7-19)16(21-10)22-20-8-13-14(17)4-3-5-15(13)18/h3-6,8H,9H2,1-2H3,(H,21,22). The number of ether oxygens (including phenoxy) is 1. The van der Waals surface area contributed by atoms with Gasteiger partial charge in [0.1, 0.15) is 11.6 Å². The Bertz CT molecular complexity index is 764. The van der Waals surface area contributed by atoms with Crippen LogP contribution in [0.15, 0.2) is 29.4 Å². The fourth-order valence-corrected chi connectivity index (χ4v) is 2.50. The van der Waals surface area contributed by atoms with Gasteiger partial charge in [-0.1, -0.05) is 29.3 Å². The average Bonchev–Trinajstić information content (AvgIpc) is 2.50. The summed E-state index contributed by atoms with van der Waals surface area (Å²) in [4.78, 5) is 4.29. The molecule has 0 aliphatic heterocycles. The number of rotatable bonds is 5. The molecule has 0 unspecified atom stereocenters. The Morgan fingerprint density at radius 2 is 2.09 bits per heavy atom. The van der Waals surface area contributed by atoms with E-state index in [4.69, 9.17) is 27.9 Å². The maximum Gasteiger partial charge on any atom is 0.164 e. The van der Waals surface area contributed by atoms with E-state index in [0.717, 1.165) is 11.3 Å². The van der Waals surface area contributed by atoms with Gasteiger partial charge in [0.25, 0.3) is 0 Å². The molecule has 7 heteroatoms. The van der Waals surface area contributed by atoms with Crippen LogP contribution >= 0.6 is 23.2 Å². The number of nitrogens with zero attached hydrogens (tertiary/aromatic N) is 3. The first-order chi connectivity index (χ1) is 11.1. The lowest BCUT2D eigenvalue weighted by Crippen LogP contribution is -2.03. The van der Waals surface area contributed by atoms with Crippen LogP contribution in [0.2, 0.25) is 10.0 Å². The minimum absolute atomic E-state index is 0.320. The smallest absolute Gasteiger partial charge is 0.164 e. The lowest BCUT2D eigenvalue weighted by Gasteiger charge is -2.09. The average molecular weight is 349 g/mol. The van der Waals surface area contributed by atoms with Gasteiger partial charge in [-0.3, -0.25) is 5.43 Å². The number of hydrazone groups is 1. The Hall–Kier alpha value is -2.13. The van der Waals surface area contributed by atoms with Crippen LogP contribution in [0.5, 0.6) is 0 Å². The molecule has 118 valence electrons. The SMILES string of the molecule is COCc1cc(C)nc(NN=Cc2c(Cl)cccc2Cl)c1C#N. The number of aryl methyl sites for hydroxylation is 1. The number of pyridine rings is 1. The topological polar surface area (TPSA) is 70.3 Å². The zero-order valence-corrected chi connectivity index (χ0v) is 14.1. The number of halogens is 2. The summed E-state index contributed by atoms with van der Waals surface area (Å²) in [5.74, 6) is 0.360. The number of aromatic nitrogens is 1. The minimum Gasteiger partial charge on any atom is -0.380 e. The van der Waals surface area contributed by atoms with E-state index in [9.17, 15) is 5.26 Å². The number of benzene rings is 1. The maximum absolute atomic E-state index is 9.34. The molecule has 1 heterocycles. The van der Waals surface area contributed by atoms with Crippen molar-refractivity contribution < 1.29 is 4.74 Å². The second-order valence-corrected chi connectivity index (χ2v) is 5.51. The van der Waals surface area contributed by atoms with Crippen molar-refractivity contribution in [1.29, 1.82) is 5.26 Å². The Morgan fingerprint density at radius 3 is 2.70 bits per heavy atom. The van der Waals surface area contributed by atoms with Gasteiger partial charge in [0.05, 0.1) is 22.9 Å². The largest absolute Gasteiger partial charge is 0.380 e. The van der Waals surface area contributed by atoms with Gasteiger partial charge in [-0.25, -0.2) is 4.98 Å². The Kier molecular flexibility index (Phi) is 5.94. The van der Waals surface area contributed by atoms with Crippen LogP contribution < -0.4 is 5.43 Å². The lowest BCUT2D eigenvalue weighted by molar-refractivity contribution is 0.184. The van der Waals surface area contributed by atoms with Crippen molar-refractivity contribution in [3.05, 3.63) is 56.7 Å². The third-order valence-electron chi connectivity index (χ3n) is 3.00. The van der Waals surface area contributed by atoms with E-state index < -0.39 is 0 Å². The molecule has 0 saturated heterocycles. The summed E-state index contributed by atoms with van der Waals surface area (Å²) >= 11 is 12.1. The van der Waals surface area contributed by atoms with Crippen LogP contribution in [0, 0.1) is 18.3 Å². The first-order valence-electron chi connectivity index (χ1n) is 6.69. The molecule has 0 aliphatic carbocycles. The molecule has 0 radical (unpaired) electrons. The summed E-state index contributed by atoms with van der Waals surface area (Å²) < 4.78 is 5.11. The van der Waals surface area contributed by atoms with Gasteiger partial charge in [-0.05, 0) is 25.1 Å². The van der Waals surface area contributed by atoms with E-state index in [0.29, 0.717) is 33.6 Å². The Labute approximate surface area is 144 Å². The van der Waals surface area contributed by atoms with Crippen molar-refractivity contribution >= 4 is 35.2 Å². The van der Waals surface area contributed by atoms with E-state index in [2.05, 4.69) is 21.6 Å². The van der Waals surface area contributed by atoms with Gasteiger partial charge in [-0.2, -0.15) is 10.4 Å². The predicted molar refractivity (Wildman–Crippen MR) is 92.1 cm³/mol. The summed E-state index contributed by atoms with van der Waals surface area (Å²) in [5, 5.41) is 14.4. The molecular formula is C16H14Cl2N4O. The number of nitrogens with one attached hydrogen (secondary N) is 1. The first kappa shape index (κ1) is 17.2. The zero-order chi connectivity index (χ0) is 16.8. The normalized spacial score (nSPS) is 10.7. The van der Waals surface area contributed by atoms with E-state index in [1.54, 1.807) is 25.3 Å². The van der Waals surface area contributed by atoms with Crippen molar-refractivity contribution in [2.24, 2.45) is 5.10 Å². The molecule has 2 aromatic rings. The van der Waals surface area contributed by atoms with Crippen molar-refractivity contribution in [2.45, 2.75) is 13.5 Å². The highest BCUT2D eigenvalue weighted by Gasteiger charge is 2.11. The molecule has 0 fully saturated rings. The third kappa shape index (κ3) is 4.20. The second kappa shape index (κ2) is 7.93. The molecule has 1 N–H and O–H groups in total. The van der Waals surface area contributed by atoms with Crippen LogP contribution in [-0.4, -0.2) is 18.3 Å². The Morgan fingerprint density at radius 1 is 1.39 bits per heavy atom. The third-order valence-corrected chi connectivity index (χ3v) is 3.66. The van der Waals surface area contributed by atoms with Crippen LogP contribution in [0.4, 0.5) is 5.82 Å². The van der Waals surface area contributed by atoms with E-state index in [1.807, 2.05) is 13.0 Å². The minimum atomic E-state index is 0.320. The van der Waals surface area contributed by atoms with Crippen molar-refractivity contribution in [1.82, 2.24) is 4.98 Å². The van der Waals surface area contributed by atoms with Crippen molar-refractivity contribution in [2.75, 3.05) is 12.5 Å². The van der Waals surface area contributed by atoms with Crippen molar-refractivity contribution in [3.8, 4) is 6.07 Å². The molecule has 2 rings (SSSR count). The highest BCUT2D eigenvalue weighted by atomic mass is 35.5. The molecule has 0 spiro atoms. The molecule has 5 nitrogen and oxygen atoms in total. The van der Waals surface area contributed by atoms with E-state index >= 15 is 0 Å². The summed E-state index contributed by atoms with van der Waals surface area (Å²) in [5.41, 5.74) is 5.25. The quantitative estimate of drug-likeness (QED) is 0.650. The molecular weight excluding hydrogens is 335 g/mol. The highest BCUT2D eigenvalue weighted by molar-refractivity contribution is 6.38. The molecule has 0 aliphatic rings. The van der Waals surface area contributed by atoms with Gasteiger partial charge < -0.3 is 4.74 Å². The number of nitriles is 1. The molecule has 23 heavy (non-hydrogen) atoms. The van der Waals surface area contributed by atoms with Crippen LogP contribution in [0.3, 0.4) is 0 Å². The fourth-order valence-electron chi connectivity index (χ4n) is 2.01. The number of hydrogen-bond donors (Lipinski definition) is 1. The van der Waals surface area contributed by atoms with Crippen LogP contribution in [0.1, 0.15) is 22.4 Å². The van der Waals surface area contributed by atoms with Gasteiger partial charge in [0, 0.05) is 23.9 Å². The molecule has 0 atom stereocenters. The summed E-state index contributed by atoms with van der Waals surface area (Å²) in [6.07, 6.45) is 1.49. The molecule has 0 amide bonds. The monoisotopic (exact) mass is 348 g/mol. The predicted octanol–water partition coefficient (Wildman–Crippen LogP) is 4.16. The maximum atomic E-state index is 9.34. The Balaban J connectivity index is 2.30. The van der Waals surface area contributed by atoms with Crippen LogP contribution in [-0.2, 0) is 11.3 Å². The van der Waals surface area contributed by atoms with E-state index in [1.165, 1.54) is 6.21 Å². The van der Waals surface area contributed by atoms with Gasteiger partial charge in [0.2, 0.25) is 0 Å². The van der Waals surface area contributed by atoms with Crippen molar-refractivity contribution in [3.63, 3.8) is 0 Å². The summed E-state index contributed by atoms with van der Waals surface area (Å²) in [6, 6.07) is 9.12. The molecule has 0 bridgehead atoms. The van der Waals surface area contributed by atoms with Crippen LogP contribution in [0.25, 0.3) is 0 Å². The second-order valence-electron chi connectivity index (χ2n) is 4.70. The van der Waals surface area contributed by atoms with Gasteiger partial charge in [-0.15, -0.1) is 0 Å². The van der Waals surface area contributed by atoms with Gasteiger partial charge >= 0.3 is 0 Å². The van der Waals surface area contributed by atoms with Gasteiger partial charge in [0.15, 0.2) is 5.82 Å². The number of hydrogen-bond acceptors (Lipinski definition) is 5. The number of anilines is 1. The lowest BCUT2D eigenvalue weighted by atomic mass is 10.1. The summed E-state index contributed by atoms with van der Waals surface area (Å²) in [7, 11) is 1.57.